The number of hydrogen-bond acceptors (Lipinski definition) is 0. The van der Waals surface area contributed by atoms with Gasteiger partial charge < -0.3 is 4.48 Å². The number of unbranched alkanes of at least 4 members (excludes halogenated alkanes) is 5. The Morgan fingerprint density at radius 1 is 0.875 bits per heavy atom. The Morgan fingerprint density at radius 2 is 1.38 bits per heavy atom. The minimum absolute atomic E-state index is 1.06. The van der Waals surface area contributed by atoms with E-state index in [1.54, 1.807) is 0 Å². The summed E-state index contributed by atoms with van der Waals surface area (Å²) >= 11 is 0. The molecule has 0 bridgehead atoms. The predicted molar refractivity (Wildman–Crippen MR) is 74.6 cm³/mol. The molecule has 0 atom stereocenters. The van der Waals surface area contributed by atoms with E-state index in [0.717, 1.165) is 17.6 Å². The van der Waals surface area contributed by atoms with Crippen molar-refractivity contribution in [1.29, 1.82) is 0 Å². The normalized spacial score (nSPS) is 11.4. The van der Waals surface area contributed by atoms with Gasteiger partial charge in [-0.2, -0.15) is 0 Å². The van der Waals surface area contributed by atoms with Crippen LogP contribution in [0.5, 0.6) is 0 Å². The minimum Gasteiger partial charge on any atom is -0.320 e. The summed E-state index contributed by atoms with van der Waals surface area (Å²) in [5.41, 5.74) is 0. The molecule has 0 aliphatic carbocycles. The lowest BCUT2D eigenvalue weighted by Crippen LogP contribution is -2.44. The van der Waals surface area contributed by atoms with Crippen molar-refractivity contribution in [1.82, 2.24) is 0 Å². The van der Waals surface area contributed by atoms with Crippen LogP contribution in [-0.4, -0.2) is 31.2 Å². The van der Waals surface area contributed by atoms with Gasteiger partial charge in [-0.15, -0.1) is 0 Å². The van der Waals surface area contributed by atoms with E-state index in [2.05, 4.69) is 27.1 Å². The summed E-state index contributed by atoms with van der Waals surface area (Å²) < 4.78 is 1.07. The van der Waals surface area contributed by atoms with Gasteiger partial charge >= 0.3 is 0 Å². The third kappa shape index (κ3) is 7.70. The molecule has 0 aromatic heterocycles. The van der Waals surface area contributed by atoms with Crippen molar-refractivity contribution >= 4 is 0 Å². The standard InChI is InChI=1S/C15H30N/c1-5-8-9-10-11-12-15-16(4,13-6-2)14-7-3/h6-7H,2-3,5,8-15H2,1,4H3/q+1. The molecule has 0 aliphatic heterocycles. The van der Waals surface area contributed by atoms with Crippen molar-refractivity contribution in [2.75, 3.05) is 26.7 Å². The first kappa shape index (κ1) is 15.4. The third-order valence-electron chi connectivity index (χ3n) is 3.19. The quantitative estimate of drug-likeness (QED) is 0.281. The molecule has 0 aliphatic rings. The smallest absolute Gasteiger partial charge is 0.0971 e. The summed E-state index contributed by atoms with van der Waals surface area (Å²) in [6, 6.07) is 0. The number of rotatable bonds is 11. The molecule has 0 spiro atoms. The lowest BCUT2D eigenvalue weighted by atomic mass is 10.1. The summed E-state index contributed by atoms with van der Waals surface area (Å²) in [4.78, 5) is 0. The summed E-state index contributed by atoms with van der Waals surface area (Å²) in [5, 5.41) is 0. The Morgan fingerprint density at radius 3 is 1.88 bits per heavy atom. The van der Waals surface area contributed by atoms with E-state index in [0.29, 0.717) is 0 Å². The van der Waals surface area contributed by atoms with Gasteiger partial charge in [0.05, 0.1) is 26.7 Å². The average Bonchev–Trinajstić information content (AvgIpc) is 2.24. The molecular weight excluding hydrogens is 194 g/mol. The first-order valence-corrected chi connectivity index (χ1v) is 6.74. The molecule has 0 heterocycles. The maximum absolute atomic E-state index is 3.85. The summed E-state index contributed by atoms with van der Waals surface area (Å²) in [6.45, 7) is 13.3. The van der Waals surface area contributed by atoms with Crippen LogP contribution in [0.25, 0.3) is 0 Å². The van der Waals surface area contributed by atoms with Crippen molar-refractivity contribution in [3.63, 3.8) is 0 Å². The zero-order valence-corrected chi connectivity index (χ0v) is 11.4. The molecule has 1 heteroatoms. The molecule has 0 aromatic rings. The highest BCUT2D eigenvalue weighted by molar-refractivity contribution is 4.70. The van der Waals surface area contributed by atoms with Crippen LogP contribution in [0.1, 0.15) is 45.4 Å². The highest BCUT2D eigenvalue weighted by Crippen LogP contribution is 2.10. The molecule has 0 saturated heterocycles. The average molecular weight is 224 g/mol. The van der Waals surface area contributed by atoms with Gasteiger partial charge in [0.15, 0.2) is 0 Å². The van der Waals surface area contributed by atoms with Crippen molar-refractivity contribution < 1.29 is 4.48 Å². The highest BCUT2D eigenvalue weighted by atomic mass is 15.3. The predicted octanol–water partition coefficient (Wildman–Crippen LogP) is 4.17. The molecule has 94 valence electrons. The zero-order chi connectivity index (χ0) is 12.3. The van der Waals surface area contributed by atoms with Crippen molar-refractivity contribution in [2.45, 2.75) is 45.4 Å². The Hall–Kier alpha value is -0.560. The molecule has 16 heavy (non-hydrogen) atoms. The summed E-state index contributed by atoms with van der Waals surface area (Å²) in [5.74, 6) is 0. The second kappa shape index (κ2) is 9.65. The van der Waals surface area contributed by atoms with Gasteiger partial charge in [-0.05, 0) is 25.0 Å². The van der Waals surface area contributed by atoms with Crippen LogP contribution in [0.4, 0.5) is 0 Å². The van der Waals surface area contributed by atoms with Crippen LogP contribution in [0, 0.1) is 0 Å². The monoisotopic (exact) mass is 224 g/mol. The maximum Gasteiger partial charge on any atom is 0.0971 e. The van der Waals surface area contributed by atoms with Gasteiger partial charge in [-0.25, -0.2) is 0 Å². The molecule has 0 saturated carbocycles. The Labute approximate surface area is 102 Å². The highest BCUT2D eigenvalue weighted by Gasteiger charge is 2.16. The van der Waals surface area contributed by atoms with E-state index in [9.17, 15) is 0 Å². The van der Waals surface area contributed by atoms with E-state index >= 15 is 0 Å². The Kier molecular flexibility index (Phi) is 9.31. The van der Waals surface area contributed by atoms with E-state index in [1.165, 1.54) is 45.1 Å². The lowest BCUT2D eigenvalue weighted by Gasteiger charge is -2.32. The van der Waals surface area contributed by atoms with Crippen molar-refractivity contribution in [3.05, 3.63) is 25.3 Å². The summed E-state index contributed by atoms with van der Waals surface area (Å²) in [6.07, 6.45) is 12.3. The van der Waals surface area contributed by atoms with Gasteiger partial charge in [0.2, 0.25) is 0 Å². The Bertz CT molecular complexity index is 174. The third-order valence-corrected chi connectivity index (χ3v) is 3.19. The number of nitrogens with zero attached hydrogens (tertiary/aromatic N) is 1. The molecular formula is C15H30N+. The van der Waals surface area contributed by atoms with Gasteiger partial charge in [0.1, 0.15) is 0 Å². The van der Waals surface area contributed by atoms with Crippen LogP contribution < -0.4 is 0 Å². The van der Waals surface area contributed by atoms with Gasteiger partial charge in [-0.3, -0.25) is 0 Å². The van der Waals surface area contributed by atoms with E-state index < -0.39 is 0 Å². The van der Waals surface area contributed by atoms with Crippen LogP contribution in [-0.2, 0) is 0 Å². The maximum atomic E-state index is 3.85. The molecule has 0 radical (unpaired) electrons. The van der Waals surface area contributed by atoms with Gasteiger partial charge in [0, 0.05) is 0 Å². The first-order chi connectivity index (χ1) is 7.68. The second-order valence-corrected chi connectivity index (χ2v) is 5.05. The Balaban J connectivity index is 3.67. The van der Waals surface area contributed by atoms with E-state index in [4.69, 9.17) is 0 Å². The molecule has 0 rings (SSSR count). The number of quaternary nitrogens is 1. The van der Waals surface area contributed by atoms with Gasteiger partial charge in [-0.1, -0.05) is 45.8 Å². The summed E-state index contributed by atoms with van der Waals surface area (Å²) in [7, 11) is 2.30. The molecule has 0 amide bonds. The second-order valence-electron chi connectivity index (χ2n) is 5.05. The van der Waals surface area contributed by atoms with E-state index in [1.807, 2.05) is 12.2 Å². The largest absolute Gasteiger partial charge is 0.320 e. The SMILES string of the molecule is C=CC[N+](C)(CC=C)CCCCCCCC. The van der Waals surface area contributed by atoms with Crippen LogP contribution >= 0.6 is 0 Å². The van der Waals surface area contributed by atoms with Crippen molar-refractivity contribution in [3.8, 4) is 0 Å². The molecule has 1 nitrogen and oxygen atoms in total. The van der Waals surface area contributed by atoms with Crippen LogP contribution in [0.15, 0.2) is 25.3 Å². The molecule has 0 unspecified atom stereocenters. The fraction of sp³-hybridized carbons (Fsp3) is 0.733. The first-order valence-electron chi connectivity index (χ1n) is 6.74. The number of likely N-dealkylation sites (N-methyl/N-ethyl adjacent to an activating group) is 1. The van der Waals surface area contributed by atoms with E-state index in [-0.39, 0.29) is 0 Å². The molecule has 0 fully saturated rings. The van der Waals surface area contributed by atoms with Gasteiger partial charge in [0.25, 0.3) is 0 Å². The topological polar surface area (TPSA) is 0 Å². The fourth-order valence-electron chi connectivity index (χ4n) is 2.15. The molecule has 0 aromatic carbocycles. The lowest BCUT2D eigenvalue weighted by molar-refractivity contribution is -0.898. The minimum atomic E-state index is 1.06. The van der Waals surface area contributed by atoms with Crippen LogP contribution in [0.2, 0.25) is 0 Å². The number of hydrogen-bond donors (Lipinski definition) is 0. The zero-order valence-electron chi connectivity index (χ0n) is 11.4. The van der Waals surface area contributed by atoms with Crippen molar-refractivity contribution in [2.24, 2.45) is 0 Å². The van der Waals surface area contributed by atoms with Crippen LogP contribution in [0.3, 0.4) is 0 Å². The fourth-order valence-corrected chi connectivity index (χ4v) is 2.15. The molecule has 0 N–H and O–H groups in total.